The topological polar surface area (TPSA) is 205 Å². The van der Waals surface area contributed by atoms with E-state index < -0.39 is 69.8 Å². The Hall–Kier alpha value is -5.38. The molecule has 0 aliphatic rings. The second-order valence-electron chi connectivity index (χ2n) is 14.6. The van der Waals surface area contributed by atoms with E-state index in [1.54, 1.807) is 41.5 Å². The average molecular weight is 893 g/mol. The number of amides is 4. The van der Waals surface area contributed by atoms with Gasteiger partial charge >= 0.3 is 24.5 Å². The van der Waals surface area contributed by atoms with Crippen LogP contribution in [-0.4, -0.2) is 74.0 Å². The van der Waals surface area contributed by atoms with E-state index in [0.29, 0.717) is 24.3 Å². The second-order valence-corrected chi connectivity index (χ2v) is 16.8. The van der Waals surface area contributed by atoms with Crippen LogP contribution >= 0.6 is 23.5 Å². The molecule has 60 heavy (non-hydrogen) atoms. The minimum Gasteiger partial charge on any atom is -0.496 e. The first-order valence-corrected chi connectivity index (χ1v) is 19.7. The van der Waals surface area contributed by atoms with E-state index in [1.807, 2.05) is 0 Å². The number of benzene rings is 3. The van der Waals surface area contributed by atoms with Crippen LogP contribution in [0.15, 0.2) is 46.2 Å². The summed E-state index contributed by atoms with van der Waals surface area (Å²) < 4.78 is 104. The first-order valence-electron chi connectivity index (χ1n) is 17.7. The Kier molecular flexibility index (Phi) is 16.2. The van der Waals surface area contributed by atoms with Crippen LogP contribution in [0.4, 0.5) is 58.7 Å². The number of nitrogens with one attached hydrogen (secondary N) is 4. The summed E-state index contributed by atoms with van der Waals surface area (Å²) in [5.74, 6) is -2.40. The summed E-state index contributed by atoms with van der Waals surface area (Å²) in [7, 11) is 2.33. The van der Waals surface area contributed by atoms with Crippen molar-refractivity contribution in [2.75, 3.05) is 60.9 Å². The minimum absolute atomic E-state index is 0.00107. The Morgan fingerprint density at radius 3 is 1.23 bits per heavy atom. The Labute approximate surface area is 350 Å². The third kappa shape index (κ3) is 14.4. The molecule has 330 valence electrons. The fourth-order valence-electron chi connectivity index (χ4n) is 5.01. The van der Waals surface area contributed by atoms with Gasteiger partial charge in [0.15, 0.2) is 0 Å². The largest absolute Gasteiger partial charge is 0.496 e. The highest BCUT2D eigenvalue weighted by Crippen LogP contribution is 2.42. The molecule has 0 atom stereocenters. The van der Waals surface area contributed by atoms with Crippen molar-refractivity contribution in [1.82, 2.24) is 10.6 Å². The van der Waals surface area contributed by atoms with E-state index >= 15 is 0 Å². The lowest BCUT2D eigenvalue weighted by atomic mass is 10.1. The number of alkyl halides is 6. The van der Waals surface area contributed by atoms with Gasteiger partial charge in [-0.1, -0.05) is 0 Å². The van der Waals surface area contributed by atoms with Gasteiger partial charge in [0.2, 0.25) is 0 Å². The van der Waals surface area contributed by atoms with Gasteiger partial charge in [-0.2, -0.15) is 26.3 Å². The van der Waals surface area contributed by atoms with Crippen LogP contribution in [0.1, 0.15) is 73.4 Å². The lowest BCUT2D eigenvalue weighted by molar-refractivity contribution is -0.138. The van der Waals surface area contributed by atoms with Crippen LogP contribution in [0.5, 0.6) is 11.5 Å². The molecule has 0 aliphatic heterocycles. The molecule has 0 saturated carbocycles. The van der Waals surface area contributed by atoms with Gasteiger partial charge in [0.1, 0.15) is 22.7 Å². The monoisotopic (exact) mass is 892 g/mol. The predicted molar refractivity (Wildman–Crippen MR) is 217 cm³/mol. The maximum absolute atomic E-state index is 13.9. The van der Waals surface area contributed by atoms with Gasteiger partial charge in [-0.15, -0.1) is 23.5 Å². The number of methoxy groups -OCH3 is 2. The Balaban J connectivity index is 1.99. The minimum atomic E-state index is -4.88. The number of hydrogen-bond acceptors (Lipinski definition) is 12. The standard InChI is InChI=1S/C38H46F6N6O8S2/c1-35(2,3)57-33(53)47-9-11-59-29-23(45)13-19(37(39,40)41)15-25(29)49-31(51)21-17-22(28(56-8)18-27(21)55-7)32(52)50-26-16-20(38(42,43)44)14-24(46)30(26)60-12-10-48-34(54)58-36(4,5)6/h13-18H,9-12,45-46H2,1-8H3,(H,47,53)(H,48,54)(H,49,51)(H,50,52). The van der Waals surface area contributed by atoms with Crippen molar-refractivity contribution in [3.05, 3.63) is 58.7 Å². The maximum Gasteiger partial charge on any atom is 0.416 e. The number of halogens is 6. The third-order valence-corrected chi connectivity index (χ3v) is 9.74. The number of carbonyl (C=O) groups is 4. The van der Waals surface area contributed by atoms with E-state index in [2.05, 4.69) is 21.3 Å². The summed E-state index contributed by atoms with van der Waals surface area (Å²) in [6.45, 7) is 9.95. The van der Waals surface area contributed by atoms with Crippen LogP contribution in [0, 0.1) is 0 Å². The van der Waals surface area contributed by atoms with Gasteiger partial charge in [0.25, 0.3) is 11.8 Å². The molecule has 3 aromatic rings. The van der Waals surface area contributed by atoms with E-state index in [-0.39, 0.29) is 68.6 Å². The highest BCUT2D eigenvalue weighted by Gasteiger charge is 2.34. The molecular weight excluding hydrogens is 847 g/mol. The number of carbonyl (C=O) groups excluding carboxylic acids is 4. The summed E-state index contributed by atoms with van der Waals surface area (Å²) in [6, 6.07) is 4.77. The number of nitrogens with two attached hydrogens (primary N) is 2. The van der Waals surface area contributed by atoms with Crippen LogP contribution in [0.2, 0.25) is 0 Å². The van der Waals surface area contributed by atoms with E-state index in [1.165, 1.54) is 14.2 Å². The van der Waals surface area contributed by atoms with Crippen molar-refractivity contribution < 1.29 is 64.5 Å². The van der Waals surface area contributed by atoms with Gasteiger partial charge in [-0.25, -0.2) is 9.59 Å². The molecule has 0 heterocycles. The van der Waals surface area contributed by atoms with Crippen molar-refractivity contribution in [3.8, 4) is 11.5 Å². The molecule has 0 saturated heterocycles. The molecule has 0 unspecified atom stereocenters. The van der Waals surface area contributed by atoms with Gasteiger partial charge < -0.3 is 51.7 Å². The van der Waals surface area contributed by atoms with Gasteiger partial charge in [-0.05, 0) is 71.9 Å². The number of hydrogen-bond donors (Lipinski definition) is 6. The number of ether oxygens (including phenoxy) is 4. The fourth-order valence-corrected chi connectivity index (χ4v) is 6.81. The first kappa shape index (κ1) is 49.0. The molecule has 0 radical (unpaired) electrons. The van der Waals surface area contributed by atoms with Crippen molar-refractivity contribution in [2.45, 2.75) is 74.9 Å². The lowest BCUT2D eigenvalue weighted by Gasteiger charge is -2.20. The van der Waals surface area contributed by atoms with Crippen LogP contribution in [0.25, 0.3) is 0 Å². The number of thioether (sulfide) groups is 2. The van der Waals surface area contributed by atoms with Crippen LogP contribution < -0.4 is 42.2 Å². The fraction of sp³-hybridized carbons (Fsp3) is 0.421. The smallest absolute Gasteiger partial charge is 0.416 e. The summed E-state index contributed by atoms with van der Waals surface area (Å²) in [5.41, 5.74) is 5.89. The number of nitrogen functional groups attached to an aromatic ring is 2. The molecule has 8 N–H and O–H groups in total. The number of alkyl carbamates (subject to hydrolysis) is 2. The highest BCUT2D eigenvalue weighted by atomic mass is 32.2. The van der Waals surface area contributed by atoms with Crippen molar-refractivity contribution in [1.29, 1.82) is 0 Å². The Morgan fingerprint density at radius 1 is 0.583 bits per heavy atom. The highest BCUT2D eigenvalue weighted by molar-refractivity contribution is 7.99. The quantitative estimate of drug-likeness (QED) is 0.0390. The summed E-state index contributed by atoms with van der Waals surface area (Å²) >= 11 is 1.84. The van der Waals surface area contributed by atoms with Crippen molar-refractivity contribution in [3.63, 3.8) is 0 Å². The Bertz CT molecular complexity index is 1930. The molecule has 3 aromatic carbocycles. The van der Waals surface area contributed by atoms with E-state index in [4.69, 9.17) is 30.4 Å². The maximum atomic E-state index is 13.9. The van der Waals surface area contributed by atoms with Crippen LogP contribution in [-0.2, 0) is 21.8 Å². The van der Waals surface area contributed by atoms with E-state index in [9.17, 15) is 45.5 Å². The predicted octanol–water partition coefficient (Wildman–Crippen LogP) is 8.64. The average Bonchev–Trinajstić information content (AvgIpc) is 3.10. The normalized spacial score (nSPS) is 12.0. The molecular formula is C38H46F6N6O8S2. The molecule has 14 nitrogen and oxygen atoms in total. The molecule has 4 amide bonds. The zero-order chi connectivity index (χ0) is 45.4. The second kappa shape index (κ2) is 19.8. The molecule has 22 heteroatoms. The lowest BCUT2D eigenvalue weighted by Crippen LogP contribution is -2.33. The van der Waals surface area contributed by atoms with Gasteiger partial charge in [0.05, 0.1) is 57.6 Å². The van der Waals surface area contributed by atoms with Gasteiger partial charge in [-0.3, -0.25) is 9.59 Å². The zero-order valence-electron chi connectivity index (χ0n) is 33.8. The summed E-state index contributed by atoms with van der Waals surface area (Å²) in [6.07, 6.45) is -11.2. The SMILES string of the molecule is COc1cc(OC)c(C(=O)Nc2cc(C(F)(F)F)cc(N)c2SCCNC(=O)OC(C)(C)C)cc1C(=O)Nc1cc(C(F)(F)F)cc(N)c1SCCNC(=O)OC(C)(C)C. The molecule has 3 rings (SSSR count). The molecule has 0 aliphatic carbocycles. The van der Waals surface area contributed by atoms with Gasteiger partial charge in [0, 0.05) is 42.0 Å². The molecule has 0 spiro atoms. The van der Waals surface area contributed by atoms with Crippen molar-refractivity contribution in [2.24, 2.45) is 0 Å². The summed E-state index contributed by atoms with van der Waals surface area (Å²) in [4.78, 5) is 51.9. The third-order valence-electron chi connectivity index (χ3n) is 7.43. The first-order chi connectivity index (χ1) is 27.6. The zero-order valence-corrected chi connectivity index (χ0v) is 35.4. The number of anilines is 4. The molecule has 0 aromatic heterocycles. The number of rotatable bonds is 14. The Morgan fingerprint density at radius 2 is 0.933 bits per heavy atom. The van der Waals surface area contributed by atoms with E-state index in [0.717, 1.165) is 35.7 Å². The van der Waals surface area contributed by atoms with Crippen molar-refractivity contribution >= 4 is 70.3 Å². The van der Waals surface area contributed by atoms with Crippen LogP contribution in [0.3, 0.4) is 0 Å². The molecule has 0 bridgehead atoms. The summed E-state index contributed by atoms with van der Waals surface area (Å²) in [5, 5.41) is 9.80. The molecule has 0 fully saturated rings.